The smallest absolute Gasteiger partial charge is 0.319 e. The first kappa shape index (κ1) is 22.0. The predicted molar refractivity (Wildman–Crippen MR) is 117 cm³/mol. The molecule has 0 fully saturated rings. The number of aromatic nitrogens is 2. The van der Waals surface area contributed by atoms with E-state index in [2.05, 4.69) is 25.9 Å². The zero-order chi connectivity index (χ0) is 22.2. The van der Waals surface area contributed by atoms with Gasteiger partial charge in [0.1, 0.15) is 11.4 Å². The van der Waals surface area contributed by atoms with E-state index in [1.165, 1.54) is 18.3 Å². The van der Waals surface area contributed by atoms with Crippen molar-refractivity contribution in [3.8, 4) is 5.75 Å². The average molecular weight is 443 g/mol. The van der Waals surface area contributed by atoms with Gasteiger partial charge in [-0.25, -0.2) is 9.78 Å². The number of rotatable bonds is 8. The number of amides is 2. The summed E-state index contributed by atoms with van der Waals surface area (Å²) in [5, 5.41) is 26.1. The molecule has 2 aromatic carbocycles. The summed E-state index contributed by atoms with van der Waals surface area (Å²) in [7, 11) is -1.27. The van der Waals surface area contributed by atoms with Crippen molar-refractivity contribution in [2.45, 2.75) is 11.4 Å². The van der Waals surface area contributed by atoms with E-state index in [-0.39, 0.29) is 36.3 Å². The van der Waals surface area contributed by atoms with Crippen LogP contribution in [0.2, 0.25) is 0 Å². The maximum atomic E-state index is 12.2. The minimum atomic E-state index is -1.27. The van der Waals surface area contributed by atoms with Gasteiger partial charge in [-0.2, -0.15) is 0 Å². The Morgan fingerprint density at radius 3 is 2.45 bits per heavy atom. The van der Waals surface area contributed by atoms with Crippen LogP contribution in [0.1, 0.15) is 5.56 Å². The topological polar surface area (TPSA) is 156 Å². The molecule has 1 heterocycles. The second-order valence-corrected chi connectivity index (χ2v) is 7.94. The number of carbonyl (C=O) groups is 1. The van der Waals surface area contributed by atoms with E-state index < -0.39 is 22.4 Å². The summed E-state index contributed by atoms with van der Waals surface area (Å²) in [6.45, 7) is 0.0587. The molecule has 0 saturated heterocycles. The lowest BCUT2D eigenvalue weighted by Crippen LogP contribution is -2.31. The predicted octanol–water partition coefficient (Wildman–Crippen LogP) is 1.64. The summed E-state index contributed by atoms with van der Waals surface area (Å²) in [4.78, 5) is 31.4. The molecular weight excluding hydrogens is 422 g/mol. The van der Waals surface area contributed by atoms with Crippen molar-refractivity contribution in [2.24, 2.45) is 0 Å². The van der Waals surface area contributed by atoms with Crippen molar-refractivity contribution in [1.29, 1.82) is 0 Å². The minimum Gasteiger partial charge on any atom is -0.508 e. The Hall–Kier alpha value is -3.70. The van der Waals surface area contributed by atoms with Crippen molar-refractivity contribution in [3.63, 3.8) is 0 Å². The van der Waals surface area contributed by atoms with Gasteiger partial charge in [-0.1, -0.05) is 12.1 Å². The third kappa shape index (κ3) is 6.39. The third-order valence-corrected chi connectivity index (χ3v) is 5.44. The highest BCUT2D eigenvalue weighted by Crippen LogP contribution is 2.16. The number of anilines is 3. The third-order valence-electron chi connectivity index (χ3n) is 4.09. The Morgan fingerprint density at radius 1 is 1.10 bits per heavy atom. The van der Waals surface area contributed by atoms with E-state index in [1.807, 2.05) is 0 Å². The van der Waals surface area contributed by atoms with Crippen molar-refractivity contribution >= 4 is 34.2 Å². The highest BCUT2D eigenvalue weighted by molar-refractivity contribution is 7.85. The number of benzene rings is 2. The van der Waals surface area contributed by atoms with E-state index in [0.717, 1.165) is 5.56 Å². The summed E-state index contributed by atoms with van der Waals surface area (Å²) in [6, 6.07) is 12.4. The summed E-state index contributed by atoms with van der Waals surface area (Å²) in [5.41, 5.74) is 0.826. The normalized spacial score (nSPS) is 11.5. The molecule has 11 heteroatoms. The lowest BCUT2D eigenvalue weighted by molar-refractivity contribution is 0.251. The first-order valence-corrected chi connectivity index (χ1v) is 10.5. The first-order chi connectivity index (χ1) is 14.9. The van der Waals surface area contributed by atoms with Gasteiger partial charge in [0.25, 0.3) is 5.56 Å². The van der Waals surface area contributed by atoms with Crippen LogP contribution in [0, 0.1) is 0 Å². The van der Waals surface area contributed by atoms with Crippen LogP contribution < -0.4 is 21.5 Å². The van der Waals surface area contributed by atoms with Crippen LogP contribution in [0.5, 0.6) is 5.75 Å². The van der Waals surface area contributed by atoms with Crippen LogP contribution in [-0.2, 0) is 17.3 Å². The van der Waals surface area contributed by atoms with Gasteiger partial charge < -0.3 is 26.2 Å². The molecule has 6 N–H and O–H groups in total. The Labute approximate surface area is 179 Å². The Balaban J connectivity index is 1.56. The number of hydrogen-bond acceptors (Lipinski definition) is 7. The van der Waals surface area contributed by atoms with Gasteiger partial charge >= 0.3 is 6.03 Å². The number of urea groups is 1. The summed E-state index contributed by atoms with van der Waals surface area (Å²) >= 11 is 0. The van der Waals surface area contributed by atoms with Crippen LogP contribution in [0.15, 0.2) is 64.4 Å². The molecule has 2 amide bonds. The van der Waals surface area contributed by atoms with Gasteiger partial charge in [-0.15, -0.1) is 0 Å². The fourth-order valence-electron chi connectivity index (χ4n) is 2.54. The van der Waals surface area contributed by atoms with Crippen molar-refractivity contribution in [1.82, 2.24) is 15.3 Å². The largest absolute Gasteiger partial charge is 0.508 e. The number of hydrogen-bond donors (Lipinski definition) is 6. The van der Waals surface area contributed by atoms with Crippen LogP contribution in [0.4, 0.5) is 22.1 Å². The molecule has 0 aliphatic heterocycles. The van der Waals surface area contributed by atoms with Gasteiger partial charge in [0.15, 0.2) is 0 Å². The molecule has 162 valence electrons. The molecule has 0 radical (unpaired) electrons. The molecule has 1 unspecified atom stereocenters. The molecule has 1 aromatic heterocycles. The van der Waals surface area contributed by atoms with Crippen molar-refractivity contribution in [3.05, 3.63) is 70.6 Å². The van der Waals surface area contributed by atoms with Crippen LogP contribution in [-0.4, -0.2) is 42.8 Å². The molecule has 0 saturated carbocycles. The molecule has 0 aliphatic carbocycles. The number of aromatic amines is 1. The molecule has 3 aromatic rings. The summed E-state index contributed by atoms with van der Waals surface area (Å²) < 4.78 is 11.8. The number of phenolic OH excluding ortho intramolecular Hbond substituents is 1. The maximum Gasteiger partial charge on any atom is 0.319 e. The first-order valence-electron chi connectivity index (χ1n) is 9.23. The fourth-order valence-corrected chi connectivity index (χ4v) is 3.38. The lowest BCUT2D eigenvalue weighted by atomic mass is 10.2. The molecule has 10 nitrogen and oxygen atoms in total. The second-order valence-electron chi connectivity index (χ2n) is 6.37. The molecule has 31 heavy (non-hydrogen) atoms. The standard InChI is InChI=1S/C20H21N5O5S/c26-9-10-31(30)16-7-3-14(4-8-16)23-19-21-12-17(18(28)25-19)24-20(29)22-11-13-1-5-15(27)6-2-13/h1-8,12,26-27H,9-11H2,(H2,22,24,29)(H2,21,23,25,28). The maximum absolute atomic E-state index is 12.2. The number of carbonyl (C=O) groups excluding carboxylic acids is 1. The molecule has 3 rings (SSSR count). The quantitative estimate of drug-likeness (QED) is 0.309. The van der Waals surface area contributed by atoms with E-state index in [9.17, 15) is 18.9 Å². The van der Waals surface area contributed by atoms with Gasteiger partial charge in [-0.3, -0.25) is 14.0 Å². The SMILES string of the molecule is O=C(NCc1ccc(O)cc1)Nc1cnc(Nc2ccc(S(=O)CCO)cc2)[nH]c1=O. The number of nitrogens with zero attached hydrogens (tertiary/aromatic N) is 1. The number of H-pyrrole nitrogens is 1. The molecule has 0 bridgehead atoms. The van der Waals surface area contributed by atoms with E-state index in [1.54, 1.807) is 36.4 Å². The van der Waals surface area contributed by atoms with E-state index in [4.69, 9.17) is 5.11 Å². The Kier molecular flexibility index (Phi) is 7.35. The van der Waals surface area contributed by atoms with Gasteiger partial charge in [0, 0.05) is 17.1 Å². The van der Waals surface area contributed by atoms with E-state index in [0.29, 0.717) is 10.6 Å². The summed E-state index contributed by atoms with van der Waals surface area (Å²) in [6.07, 6.45) is 1.23. The van der Waals surface area contributed by atoms with Gasteiger partial charge in [0.05, 0.1) is 29.4 Å². The van der Waals surface area contributed by atoms with Crippen molar-refractivity contribution < 1.29 is 19.2 Å². The molecule has 0 spiro atoms. The highest BCUT2D eigenvalue weighted by Gasteiger charge is 2.08. The van der Waals surface area contributed by atoms with Crippen molar-refractivity contribution in [2.75, 3.05) is 23.0 Å². The minimum absolute atomic E-state index is 0.0245. The monoisotopic (exact) mass is 443 g/mol. The molecule has 0 aliphatic rings. The number of aliphatic hydroxyl groups is 1. The van der Waals surface area contributed by atoms with Crippen LogP contribution in [0.25, 0.3) is 0 Å². The summed E-state index contributed by atoms with van der Waals surface area (Å²) in [5.74, 6) is 0.468. The van der Waals surface area contributed by atoms with Gasteiger partial charge in [-0.05, 0) is 42.0 Å². The number of aromatic hydroxyl groups is 1. The number of phenols is 1. The lowest BCUT2D eigenvalue weighted by Gasteiger charge is -2.09. The highest BCUT2D eigenvalue weighted by atomic mass is 32.2. The fraction of sp³-hybridized carbons (Fsp3) is 0.150. The molecule has 1 atom stereocenters. The van der Waals surface area contributed by atoms with Gasteiger partial charge in [0.2, 0.25) is 5.95 Å². The average Bonchev–Trinajstić information content (AvgIpc) is 2.76. The van der Waals surface area contributed by atoms with E-state index >= 15 is 0 Å². The zero-order valence-electron chi connectivity index (χ0n) is 16.3. The Bertz CT molecular complexity index is 1120. The zero-order valence-corrected chi connectivity index (χ0v) is 17.1. The Morgan fingerprint density at radius 2 is 1.81 bits per heavy atom. The second kappa shape index (κ2) is 10.4. The molecular formula is C20H21N5O5S. The number of nitrogens with one attached hydrogen (secondary N) is 4. The van der Waals surface area contributed by atoms with Crippen LogP contribution in [0.3, 0.4) is 0 Å². The van der Waals surface area contributed by atoms with Crippen LogP contribution >= 0.6 is 0 Å². The number of aliphatic hydroxyl groups excluding tert-OH is 1.